The minimum atomic E-state index is -4.06. The third-order valence-electron chi connectivity index (χ3n) is 6.03. The summed E-state index contributed by atoms with van der Waals surface area (Å²) in [4.78, 5) is 31.0. The van der Waals surface area contributed by atoms with Crippen molar-refractivity contribution in [2.75, 3.05) is 5.32 Å². The maximum atomic E-state index is 13.1. The van der Waals surface area contributed by atoms with E-state index >= 15 is 0 Å². The van der Waals surface area contributed by atoms with Crippen molar-refractivity contribution in [3.05, 3.63) is 101 Å². The Bertz CT molecular complexity index is 1560. The third kappa shape index (κ3) is 6.16. The normalized spacial score (nSPS) is 12.2. The van der Waals surface area contributed by atoms with Gasteiger partial charge in [-0.2, -0.15) is 4.72 Å². The quantitative estimate of drug-likeness (QED) is 0.254. The fourth-order valence-corrected chi connectivity index (χ4v) is 6.08. The van der Waals surface area contributed by atoms with Crippen LogP contribution in [0.1, 0.15) is 32.9 Å². The fraction of sp³-hybridized carbons (Fsp3) is 0.179. The minimum absolute atomic E-state index is 0.0297. The lowest BCUT2D eigenvalue weighted by Gasteiger charge is -2.18. The van der Waals surface area contributed by atoms with Gasteiger partial charge in [0.25, 0.3) is 5.91 Å². The van der Waals surface area contributed by atoms with Gasteiger partial charge in [0.2, 0.25) is 10.0 Å². The Kier molecular flexibility index (Phi) is 7.75. The molecule has 0 aliphatic heterocycles. The molecule has 0 saturated heterocycles. The van der Waals surface area contributed by atoms with Crippen molar-refractivity contribution in [3.63, 3.8) is 0 Å². The Labute approximate surface area is 221 Å². The average molecular weight is 533 g/mol. The van der Waals surface area contributed by atoms with Crippen molar-refractivity contribution in [2.45, 2.75) is 38.1 Å². The van der Waals surface area contributed by atoms with Crippen LogP contribution in [-0.2, 0) is 21.2 Å². The van der Waals surface area contributed by atoms with E-state index in [4.69, 9.17) is 0 Å². The Morgan fingerprint density at radius 2 is 1.66 bits per heavy atom. The molecule has 1 amide bonds. The van der Waals surface area contributed by atoms with Gasteiger partial charge in [-0.15, -0.1) is 0 Å². The highest BCUT2D eigenvalue weighted by Crippen LogP contribution is 2.25. The number of aromatic nitrogens is 2. The first-order chi connectivity index (χ1) is 18.0. The van der Waals surface area contributed by atoms with Gasteiger partial charge < -0.3 is 15.4 Å². The number of aromatic amines is 1. The van der Waals surface area contributed by atoms with E-state index in [9.17, 15) is 23.1 Å². The number of hydrogen-bond acceptors (Lipinski definition) is 5. The first kappa shape index (κ1) is 26.8. The first-order valence-electron chi connectivity index (χ1n) is 11.9. The monoisotopic (exact) mass is 532 g/mol. The number of carbonyl (C=O) groups excluding carboxylic acids is 1. The molecule has 196 valence electrons. The second-order valence-electron chi connectivity index (χ2n) is 9.11. The molecule has 0 fully saturated rings. The van der Waals surface area contributed by atoms with Crippen molar-refractivity contribution in [1.82, 2.24) is 14.7 Å². The molecule has 9 nitrogen and oxygen atoms in total. The highest BCUT2D eigenvalue weighted by atomic mass is 32.2. The summed E-state index contributed by atoms with van der Waals surface area (Å²) in [5.41, 5.74) is 4.99. The minimum Gasteiger partial charge on any atom is -0.480 e. The highest BCUT2D eigenvalue weighted by Gasteiger charge is 2.28. The van der Waals surface area contributed by atoms with Crippen LogP contribution in [0.4, 0.5) is 5.69 Å². The zero-order valence-electron chi connectivity index (χ0n) is 21.1. The van der Waals surface area contributed by atoms with Crippen molar-refractivity contribution in [2.24, 2.45) is 0 Å². The fourth-order valence-electron chi connectivity index (χ4n) is 4.44. The van der Waals surface area contributed by atoms with Gasteiger partial charge in [-0.1, -0.05) is 54.1 Å². The molecule has 0 spiro atoms. The zero-order chi connectivity index (χ0) is 27.4. The van der Waals surface area contributed by atoms with E-state index in [2.05, 4.69) is 20.0 Å². The Morgan fingerprint density at radius 3 is 2.26 bits per heavy atom. The SMILES string of the molecule is Cc1cc(C)c(S(=O)(=O)NC(Cc2ccc(-c3cccc(NC(=O)c4ncc[nH]4)c3)cc2)C(=O)O)c(C)c1. The first-order valence-corrected chi connectivity index (χ1v) is 13.3. The van der Waals surface area contributed by atoms with Gasteiger partial charge in [0.15, 0.2) is 5.82 Å². The lowest BCUT2D eigenvalue weighted by atomic mass is 10.0. The number of nitrogens with zero attached hydrogens (tertiary/aromatic N) is 1. The molecule has 0 saturated carbocycles. The highest BCUT2D eigenvalue weighted by molar-refractivity contribution is 7.89. The van der Waals surface area contributed by atoms with Gasteiger partial charge in [0.1, 0.15) is 6.04 Å². The molecule has 4 N–H and O–H groups in total. The Morgan fingerprint density at radius 1 is 0.974 bits per heavy atom. The molecule has 38 heavy (non-hydrogen) atoms. The molecule has 0 radical (unpaired) electrons. The van der Waals surface area contributed by atoms with E-state index in [1.165, 1.54) is 6.20 Å². The summed E-state index contributed by atoms with van der Waals surface area (Å²) in [6, 6.07) is 16.6. The lowest BCUT2D eigenvalue weighted by Crippen LogP contribution is -2.42. The van der Waals surface area contributed by atoms with E-state index in [-0.39, 0.29) is 23.0 Å². The lowest BCUT2D eigenvalue weighted by molar-refractivity contribution is -0.138. The molecular formula is C28H28N4O5S. The molecular weight excluding hydrogens is 504 g/mol. The average Bonchev–Trinajstić information content (AvgIpc) is 3.38. The van der Waals surface area contributed by atoms with Crippen molar-refractivity contribution in [3.8, 4) is 11.1 Å². The maximum absolute atomic E-state index is 13.1. The van der Waals surface area contributed by atoms with Crippen LogP contribution in [0, 0.1) is 20.8 Å². The summed E-state index contributed by atoms with van der Waals surface area (Å²) in [6.45, 7) is 5.27. The van der Waals surface area contributed by atoms with Crippen LogP contribution >= 0.6 is 0 Å². The van der Waals surface area contributed by atoms with Crippen molar-refractivity contribution in [1.29, 1.82) is 0 Å². The summed E-state index contributed by atoms with van der Waals surface area (Å²) in [5.74, 6) is -1.42. The number of carboxylic acid groups (broad SMARTS) is 1. The van der Waals surface area contributed by atoms with Crippen LogP contribution in [0.3, 0.4) is 0 Å². The number of hydrogen-bond donors (Lipinski definition) is 4. The Hall–Kier alpha value is -4.28. The van der Waals surface area contributed by atoms with Gasteiger partial charge in [0, 0.05) is 18.1 Å². The molecule has 0 bridgehead atoms. The van der Waals surface area contributed by atoms with E-state index in [1.807, 2.05) is 37.3 Å². The smallest absolute Gasteiger partial charge is 0.322 e. The van der Waals surface area contributed by atoms with Gasteiger partial charge in [0.05, 0.1) is 4.90 Å². The summed E-state index contributed by atoms with van der Waals surface area (Å²) >= 11 is 0. The van der Waals surface area contributed by atoms with Crippen molar-refractivity contribution < 1.29 is 23.1 Å². The number of anilines is 1. The molecule has 0 aliphatic carbocycles. The molecule has 4 aromatic rings. The predicted molar refractivity (Wildman–Crippen MR) is 145 cm³/mol. The van der Waals surface area contributed by atoms with Gasteiger partial charge >= 0.3 is 5.97 Å². The third-order valence-corrected chi connectivity index (χ3v) is 7.81. The molecule has 1 heterocycles. The molecule has 1 atom stereocenters. The number of nitrogens with one attached hydrogen (secondary N) is 3. The number of aryl methyl sites for hydroxylation is 3. The van der Waals surface area contributed by atoms with Crippen LogP contribution in [-0.4, -0.2) is 41.4 Å². The topological polar surface area (TPSA) is 141 Å². The van der Waals surface area contributed by atoms with Crippen LogP contribution in [0.2, 0.25) is 0 Å². The molecule has 1 unspecified atom stereocenters. The van der Waals surface area contributed by atoms with Crippen molar-refractivity contribution >= 4 is 27.6 Å². The number of H-pyrrole nitrogens is 1. The predicted octanol–water partition coefficient (Wildman–Crippen LogP) is 4.23. The van der Waals surface area contributed by atoms with Crippen LogP contribution in [0.25, 0.3) is 11.1 Å². The van der Waals surface area contributed by atoms with Crippen LogP contribution < -0.4 is 10.0 Å². The molecule has 4 rings (SSSR count). The standard InChI is InChI=1S/C28H28N4O5S/c1-17-13-18(2)25(19(3)14-17)38(36,37)32-24(28(34)35)15-20-7-9-21(10-8-20)22-5-4-6-23(16-22)31-27(33)26-29-11-12-30-26/h4-14,16,24,32H,15H2,1-3H3,(H,29,30)(H,31,33)(H,34,35). The van der Waals surface area contributed by atoms with Crippen LogP contribution in [0.5, 0.6) is 0 Å². The van der Waals surface area contributed by atoms with E-state index in [1.54, 1.807) is 50.4 Å². The number of carboxylic acids is 1. The van der Waals surface area contributed by atoms with Gasteiger partial charge in [-0.3, -0.25) is 9.59 Å². The number of aliphatic carboxylic acids is 1. The summed E-state index contributed by atoms with van der Waals surface area (Å²) < 4.78 is 28.6. The summed E-state index contributed by atoms with van der Waals surface area (Å²) in [5, 5.41) is 12.6. The van der Waals surface area contributed by atoms with E-state index < -0.39 is 22.0 Å². The molecule has 10 heteroatoms. The summed E-state index contributed by atoms with van der Waals surface area (Å²) in [7, 11) is -4.06. The zero-order valence-corrected chi connectivity index (χ0v) is 22.0. The summed E-state index contributed by atoms with van der Waals surface area (Å²) in [6.07, 6.45) is 3.03. The number of sulfonamides is 1. The second kappa shape index (κ2) is 11.0. The molecule has 3 aromatic carbocycles. The molecule has 0 aliphatic rings. The van der Waals surface area contributed by atoms with Gasteiger partial charge in [-0.25, -0.2) is 13.4 Å². The number of carbonyl (C=O) groups is 2. The van der Waals surface area contributed by atoms with E-state index in [0.29, 0.717) is 22.4 Å². The maximum Gasteiger partial charge on any atom is 0.322 e. The Balaban J connectivity index is 1.49. The second-order valence-corrected chi connectivity index (χ2v) is 10.8. The largest absolute Gasteiger partial charge is 0.480 e. The number of imidazole rings is 1. The van der Waals surface area contributed by atoms with E-state index in [0.717, 1.165) is 16.7 Å². The number of amides is 1. The number of benzene rings is 3. The van der Waals surface area contributed by atoms with Gasteiger partial charge in [-0.05, 0) is 67.1 Å². The molecule has 1 aromatic heterocycles. The number of rotatable bonds is 9. The van der Waals surface area contributed by atoms with Crippen LogP contribution in [0.15, 0.2) is 78.0 Å².